The quantitative estimate of drug-likeness (QED) is 0.607. The molecular weight excluding hydrogens is 365 g/mol. The summed E-state index contributed by atoms with van der Waals surface area (Å²) in [5, 5.41) is 25.9. The highest BCUT2D eigenvalue weighted by molar-refractivity contribution is 5.93. The van der Waals surface area contributed by atoms with Crippen LogP contribution in [-0.4, -0.2) is 31.9 Å². The molecule has 7 nitrogen and oxygen atoms in total. The van der Waals surface area contributed by atoms with Crippen LogP contribution in [-0.2, 0) is 4.79 Å². The van der Waals surface area contributed by atoms with Crippen molar-refractivity contribution in [3.63, 3.8) is 0 Å². The molecule has 0 aliphatic heterocycles. The van der Waals surface area contributed by atoms with Crippen LogP contribution in [0.25, 0.3) is 5.69 Å². The summed E-state index contributed by atoms with van der Waals surface area (Å²) in [6, 6.07) is 12.8. The molecule has 0 spiro atoms. The summed E-state index contributed by atoms with van der Waals surface area (Å²) < 4.78 is 14.2. The zero-order valence-electron chi connectivity index (χ0n) is 15.0. The maximum absolute atomic E-state index is 13.1. The number of halogens is 1. The first-order valence-electron chi connectivity index (χ1n) is 8.47. The van der Waals surface area contributed by atoms with Crippen LogP contribution in [0.4, 0.5) is 4.39 Å². The molecule has 1 amide bonds. The van der Waals surface area contributed by atoms with Gasteiger partial charge in [-0.3, -0.25) is 9.59 Å². The summed E-state index contributed by atoms with van der Waals surface area (Å²) in [5.74, 6) is -2.44. The first kappa shape index (κ1) is 19.1. The van der Waals surface area contributed by atoms with Crippen LogP contribution >= 0.6 is 0 Å². The van der Waals surface area contributed by atoms with Gasteiger partial charge in [0.05, 0.1) is 18.2 Å². The number of aryl methyl sites for hydroxylation is 1. The van der Waals surface area contributed by atoms with Crippen LogP contribution in [0, 0.1) is 12.7 Å². The maximum atomic E-state index is 13.1. The van der Waals surface area contributed by atoms with Crippen molar-refractivity contribution >= 4 is 11.9 Å². The predicted molar refractivity (Wildman–Crippen MR) is 98.8 cm³/mol. The van der Waals surface area contributed by atoms with Crippen LogP contribution in [0.2, 0.25) is 0 Å². The van der Waals surface area contributed by atoms with E-state index in [1.807, 2.05) is 13.0 Å². The van der Waals surface area contributed by atoms with Crippen LogP contribution < -0.4 is 5.32 Å². The first-order valence-corrected chi connectivity index (χ1v) is 8.47. The van der Waals surface area contributed by atoms with E-state index in [0.717, 1.165) is 16.3 Å². The standard InChI is InChI=1S/C20H18FN3O4/c1-12-3-2-4-13(9-12)16(11-19(26)27)22-20(28)17-10-18(25)24(23-17)15-7-5-14(21)6-8-15/h2-10,16,25H,11H2,1H3,(H,22,28)(H,26,27)/t16-/m0/s1. The molecule has 0 aliphatic rings. The van der Waals surface area contributed by atoms with E-state index in [2.05, 4.69) is 10.4 Å². The molecule has 0 bridgehead atoms. The number of aliphatic carboxylic acids is 1. The monoisotopic (exact) mass is 383 g/mol. The number of nitrogens with one attached hydrogen (secondary N) is 1. The first-order chi connectivity index (χ1) is 13.3. The van der Waals surface area contributed by atoms with Crippen molar-refractivity contribution in [2.45, 2.75) is 19.4 Å². The van der Waals surface area contributed by atoms with Crippen LogP contribution in [0.5, 0.6) is 5.88 Å². The Balaban J connectivity index is 1.85. The van der Waals surface area contributed by atoms with Gasteiger partial charge in [-0.05, 0) is 36.8 Å². The van der Waals surface area contributed by atoms with Crippen molar-refractivity contribution in [3.8, 4) is 11.6 Å². The number of carboxylic acids is 1. The molecule has 0 saturated carbocycles. The third-order valence-corrected chi connectivity index (χ3v) is 4.12. The van der Waals surface area contributed by atoms with E-state index in [0.29, 0.717) is 11.3 Å². The van der Waals surface area contributed by atoms with E-state index >= 15 is 0 Å². The van der Waals surface area contributed by atoms with Gasteiger partial charge in [0.1, 0.15) is 5.82 Å². The number of nitrogens with zero attached hydrogens (tertiary/aromatic N) is 2. The molecule has 3 rings (SSSR count). The lowest BCUT2D eigenvalue weighted by atomic mass is 10.0. The maximum Gasteiger partial charge on any atom is 0.305 e. The number of amides is 1. The van der Waals surface area contributed by atoms with Crippen molar-refractivity contribution in [2.75, 3.05) is 0 Å². The highest BCUT2D eigenvalue weighted by Crippen LogP contribution is 2.21. The Labute approximate surface area is 160 Å². The summed E-state index contributed by atoms with van der Waals surface area (Å²) in [5.41, 5.74) is 1.86. The predicted octanol–water partition coefficient (Wildman–Crippen LogP) is 2.97. The summed E-state index contributed by atoms with van der Waals surface area (Å²) >= 11 is 0. The average molecular weight is 383 g/mol. The number of carboxylic acid groups (broad SMARTS) is 1. The largest absolute Gasteiger partial charge is 0.493 e. The molecule has 0 unspecified atom stereocenters. The van der Waals surface area contributed by atoms with E-state index in [9.17, 15) is 24.2 Å². The van der Waals surface area contributed by atoms with Gasteiger partial charge < -0.3 is 15.5 Å². The van der Waals surface area contributed by atoms with Gasteiger partial charge in [-0.2, -0.15) is 5.10 Å². The highest BCUT2D eigenvalue weighted by atomic mass is 19.1. The number of carbonyl (C=O) groups excluding carboxylic acids is 1. The zero-order valence-corrected chi connectivity index (χ0v) is 15.0. The molecule has 1 heterocycles. The summed E-state index contributed by atoms with van der Waals surface area (Å²) in [6.45, 7) is 1.87. The Morgan fingerprint density at radius 2 is 1.89 bits per heavy atom. The Hall–Kier alpha value is -3.68. The van der Waals surface area contributed by atoms with E-state index in [1.54, 1.807) is 18.2 Å². The minimum absolute atomic E-state index is 0.0927. The van der Waals surface area contributed by atoms with Gasteiger partial charge >= 0.3 is 5.97 Å². The summed E-state index contributed by atoms with van der Waals surface area (Å²) in [7, 11) is 0. The zero-order chi connectivity index (χ0) is 20.3. The lowest BCUT2D eigenvalue weighted by Crippen LogP contribution is -2.30. The van der Waals surface area contributed by atoms with Gasteiger partial charge in [0.25, 0.3) is 5.91 Å². The molecule has 2 aromatic carbocycles. The summed E-state index contributed by atoms with van der Waals surface area (Å²) in [4.78, 5) is 23.8. The van der Waals surface area contributed by atoms with Crippen molar-refractivity contribution in [1.82, 2.24) is 15.1 Å². The smallest absolute Gasteiger partial charge is 0.305 e. The Morgan fingerprint density at radius 3 is 2.54 bits per heavy atom. The van der Waals surface area contributed by atoms with E-state index in [4.69, 9.17) is 0 Å². The number of rotatable bonds is 6. The van der Waals surface area contributed by atoms with Gasteiger partial charge in [-0.25, -0.2) is 9.07 Å². The van der Waals surface area contributed by atoms with Gasteiger partial charge in [0.15, 0.2) is 5.69 Å². The molecule has 3 aromatic rings. The lowest BCUT2D eigenvalue weighted by Gasteiger charge is -2.17. The fourth-order valence-electron chi connectivity index (χ4n) is 2.80. The molecule has 0 radical (unpaired) electrons. The third-order valence-electron chi connectivity index (χ3n) is 4.12. The SMILES string of the molecule is Cc1cccc([C@H](CC(=O)O)NC(=O)c2cc(O)n(-c3ccc(F)cc3)n2)c1. The molecule has 1 atom stereocenters. The molecule has 0 fully saturated rings. The molecular formula is C20H18FN3O4. The fourth-order valence-corrected chi connectivity index (χ4v) is 2.80. The van der Waals surface area contributed by atoms with Crippen LogP contribution in [0.3, 0.4) is 0 Å². The minimum atomic E-state index is -1.06. The second kappa shape index (κ2) is 7.91. The van der Waals surface area contributed by atoms with Gasteiger partial charge in [0, 0.05) is 6.07 Å². The number of hydrogen-bond acceptors (Lipinski definition) is 4. The van der Waals surface area contributed by atoms with Crippen molar-refractivity contribution < 1.29 is 24.2 Å². The molecule has 0 aliphatic carbocycles. The van der Waals surface area contributed by atoms with Crippen molar-refractivity contribution in [2.24, 2.45) is 0 Å². The Bertz CT molecular complexity index is 1010. The van der Waals surface area contributed by atoms with Crippen LogP contribution in [0.1, 0.15) is 34.1 Å². The average Bonchev–Trinajstić information content (AvgIpc) is 3.03. The topological polar surface area (TPSA) is 104 Å². The number of aromatic hydroxyl groups is 1. The summed E-state index contributed by atoms with van der Waals surface area (Å²) in [6.07, 6.45) is -0.306. The number of aromatic nitrogens is 2. The molecule has 144 valence electrons. The second-order valence-corrected chi connectivity index (χ2v) is 6.31. The third kappa shape index (κ3) is 4.35. The van der Waals surface area contributed by atoms with E-state index in [-0.39, 0.29) is 18.0 Å². The fraction of sp³-hybridized carbons (Fsp3) is 0.150. The second-order valence-electron chi connectivity index (χ2n) is 6.31. The molecule has 3 N–H and O–H groups in total. The van der Waals surface area contributed by atoms with E-state index in [1.165, 1.54) is 24.3 Å². The number of hydrogen-bond donors (Lipinski definition) is 3. The van der Waals surface area contributed by atoms with Gasteiger partial charge in [-0.1, -0.05) is 29.8 Å². The number of benzene rings is 2. The molecule has 8 heteroatoms. The van der Waals surface area contributed by atoms with Crippen molar-refractivity contribution in [1.29, 1.82) is 0 Å². The minimum Gasteiger partial charge on any atom is -0.493 e. The Morgan fingerprint density at radius 1 is 1.18 bits per heavy atom. The van der Waals surface area contributed by atoms with Crippen LogP contribution in [0.15, 0.2) is 54.6 Å². The van der Waals surface area contributed by atoms with Crippen molar-refractivity contribution in [3.05, 3.63) is 77.2 Å². The lowest BCUT2D eigenvalue weighted by molar-refractivity contribution is -0.137. The van der Waals surface area contributed by atoms with Gasteiger partial charge in [0.2, 0.25) is 5.88 Å². The molecule has 0 saturated heterocycles. The molecule has 28 heavy (non-hydrogen) atoms. The van der Waals surface area contributed by atoms with E-state index < -0.39 is 23.7 Å². The molecule has 1 aromatic heterocycles. The number of carbonyl (C=O) groups is 2. The highest BCUT2D eigenvalue weighted by Gasteiger charge is 2.22. The normalized spacial score (nSPS) is 11.8. The van der Waals surface area contributed by atoms with Gasteiger partial charge in [-0.15, -0.1) is 0 Å². The Kier molecular flexibility index (Phi) is 5.39.